The van der Waals surface area contributed by atoms with Crippen molar-refractivity contribution in [3.63, 3.8) is 0 Å². The largest absolute Gasteiger partial charge is 0.490 e. The first-order valence-corrected chi connectivity index (χ1v) is 10.3. The second-order valence-electron chi connectivity index (χ2n) is 6.69. The van der Waals surface area contributed by atoms with E-state index in [4.69, 9.17) is 37.4 Å². The minimum atomic E-state index is -0.701. The van der Waals surface area contributed by atoms with E-state index in [1.165, 1.54) is 7.11 Å². The lowest BCUT2D eigenvalue weighted by Gasteiger charge is -2.28. The van der Waals surface area contributed by atoms with Crippen LogP contribution >= 0.6 is 23.2 Å². The smallest absolute Gasteiger partial charge is 0.337 e. The number of hydrogen-bond acceptors (Lipinski definition) is 5. The van der Waals surface area contributed by atoms with Crippen molar-refractivity contribution in [3.05, 3.63) is 68.8 Å². The van der Waals surface area contributed by atoms with Gasteiger partial charge in [0.1, 0.15) is 6.61 Å². The second kappa shape index (κ2) is 9.94. The van der Waals surface area contributed by atoms with E-state index in [9.17, 15) is 9.59 Å². The van der Waals surface area contributed by atoms with E-state index in [-0.39, 0.29) is 6.61 Å². The molecule has 0 spiro atoms. The number of amides is 2. The Morgan fingerprint density at radius 3 is 2.45 bits per heavy atom. The molecule has 31 heavy (non-hydrogen) atoms. The summed E-state index contributed by atoms with van der Waals surface area (Å²) in [5.41, 5.74) is 2.03. The van der Waals surface area contributed by atoms with Crippen LogP contribution < -0.4 is 20.1 Å². The van der Waals surface area contributed by atoms with Crippen molar-refractivity contribution in [1.29, 1.82) is 0 Å². The Hall–Kier alpha value is -2.90. The summed E-state index contributed by atoms with van der Waals surface area (Å²) in [6, 6.07) is 9.30. The van der Waals surface area contributed by atoms with Gasteiger partial charge in [-0.05, 0) is 43.7 Å². The van der Waals surface area contributed by atoms with Crippen LogP contribution in [0.1, 0.15) is 31.0 Å². The van der Waals surface area contributed by atoms with Gasteiger partial charge in [0.25, 0.3) is 0 Å². The van der Waals surface area contributed by atoms with E-state index in [2.05, 4.69) is 10.6 Å². The van der Waals surface area contributed by atoms with Gasteiger partial charge in [0.05, 0.1) is 25.3 Å². The highest BCUT2D eigenvalue weighted by Crippen LogP contribution is 2.36. The van der Waals surface area contributed by atoms with Gasteiger partial charge >= 0.3 is 12.0 Å². The number of benzene rings is 2. The average Bonchev–Trinajstić information content (AvgIpc) is 2.73. The van der Waals surface area contributed by atoms with E-state index in [1.54, 1.807) is 43.3 Å². The summed E-state index contributed by atoms with van der Waals surface area (Å²) in [5.74, 6) is 0.390. The molecule has 0 saturated carbocycles. The van der Waals surface area contributed by atoms with Gasteiger partial charge < -0.3 is 24.8 Å². The fourth-order valence-electron chi connectivity index (χ4n) is 3.24. The molecule has 0 bridgehead atoms. The zero-order valence-corrected chi connectivity index (χ0v) is 18.8. The molecule has 0 aromatic heterocycles. The highest BCUT2D eigenvalue weighted by atomic mass is 35.5. The molecular weight excluding hydrogens is 443 g/mol. The van der Waals surface area contributed by atoms with Crippen molar-refractivity contribution in [1.82, 2.24) is 10.6 Å². The van der Waals surface area contributed by atoms with Crippen LogP contribution in [0.3, 0.4) is 0 Å². The number of esters is 1. The Morgan fingerprint density at radius 2 is 1.81 bits per heavy atom. The van der Waals surface area contributed by atoms with E-state index in [1.807, 2.05) is 6.92 Å². The topological polar surface area (TPSA) is 85.9 Å². The number of ether oxygens (including phenoxy) is 3. The highest BCUT2D eigenvalue weighted by molar-refractivity contribution is 6.35. The number of hydrogen-bond donors (Lipinski definition) is 2. The third-order valence-electron chi connectivity index (χ3n) is 4.71. The fourth-order valence-corrected chi connectivity index (χ4v) is 3.74. The van der Waals surface area contributed by atoms with Gasteiger partial charge in [0, 0.05) is 21.3 Å². The number of rotatable bonds is 7. The Labute approximate surface area is 190 Å². The normalized spacial score (nSPS) is 15.8. The summed E-state index contributed by atoms with van der Waals surface area (Å²) >= 11 is 12.4. The van der Waals surface area contributed by atoms with E-state index in [0.29, 0.717) is 50.5 Å². The Kier molecular flexibility index (Phi) is 7.30. The molecule has 2 amide bonds. The van der Waals surface area contributed by atoms with Crippen molar-refractivity contribution in [2.75, 3.05) is 13.7 Å². The van der Waals surface area contributed by atoms with Crippen molar-refractivity contribution in [2.45, 2.75) is 26.5 Å². The van der Waals surface area contributed by atoms with Crippen LogP contribution in [0.4, 0.5) is 4.79 Å². The van der Waals surface area contributed by atoms with Gasteiger partial charge in [-0.25, -0.2) is 9.59 Å². The third-order valence-corrected chi connectivity index (χ3v) is 5.42. The first-order valence-electron chi connectivity index (χ1n) is 9.54. The number of nitrogens with one attached hydrogen (secondary N) is 2. The molecule has 164 valence electrons. The van der Waals surface area contributed by atoms with Crippen LogP contribution in [0, 0.1) is 0 Å². The predicted molar refractivity (Wildman–Crippen MR) is 118 cm³/mol. The lowest BCUT2D eigenvalue weighted by Crippen LogP contribution is -2.45. The highest BCUT2D eigenvalue weighted by Gasteiger charge is 2.32. The second-order valence-corrected chi connectivity index (χ2v) is 7.50. The number of halogens is 2. The number of methoxy groups -OCH3 is 1. The summed E-state index contributed by atoms with van der Waals surface area (Å²) in [6.45, 7) is 4.03. The molecule has 1 heterocycles. The van der Waals surface area contributed by atoms with E-state index in [0.717, 1.165) is 0 Å². The zero-order chi connectivity index (χ0) is 22.5. The monoisotopic (exact) mass is 464 g/mol. The molecule has 2 aromatic rings. The van der Waals surface area contributed by atoms with Gasteiger partial charge in [-0.1, -0.05) is 35.3 Å². The first-order chi connectivity index (χ1) is 14.8. The molecule has 9 heteroatoms. The third kappa shape index (κ3) is 5.06. The summed E-state index contributed by atoms with van der Waals surface area (Å²) in [4.78, 5) is 24.3. The molecule has 0 saturated heterocycles. The number of urea groups is 1. The van der Waals surface area contributed by atoms with Gasteiger partial charge in [-0.2, -0.15) is 0 Å². The standard InChI is InChI=1S/C22H22Cl2N2O5/c1-4-30-18-10-13(20-19(21(27)29-3)12(2)25-22(28)26-20)8-9-17(18)31-11-14-15(23)6-5-7-16(14)24/h5-10,20H,4,11H2,1-3H3,(H2,25,26,28). The number of carbonyl (C=O) groups excluding carboxylic acids is 2. The average molecular weight is 465 g/mol. The van der Waals surface area contributed by atoms with Crippen LogP contribution in [-0.2, 0) is 16.1 Å². The van der Waals surface area contributed by atoms with Crippen molar-refractivity contribution < 1.29 is 23.8 Å². The van der Waals surface area contributed by atoms with E-state index < -0.39 is 18.0 Å². The summed E-state index contributed by atoms with van der Waals surface area (Å²) < 4.78 is 16.6. The molecule has 1 aliphatic heterocycles. The van der Waals surface area contributed by atoms with Crippen LogP contribution in [0.5, 0.6) is 11.5 Å². The lowest BCUT2D eigenvalue weighted by atomic mass is 9.95. The van der Waals surface area contributed by atoms with Gasteiger partial charge in [-0.3, -0.25) is 0 Å². The van der Waals surface area contributed by atoms with Gasteiger partial charge in [0.2, 0.25) is 0 Å². The molecule has 3 rings (SSSR count). The molecule has 2 aromatic carbocycles. The van der Waals surface area contributed by atoms with Gasteiger partial charge in [-0.15, -0.1) is 0 Å². The molecule has 1 aliphatic rings. The van der Waals surface area contributed by atoms with Crippen LogP contribution in [0.2, 0.25) is 10.0 Å². The maximum atomic E-state index is 12.3. The van der Waals surface area contributed by atoms with Gasteiger partial charge in [0.15, 0.2) is 11.5 Å². The first kappa shape index (κ1) is 22.8. The summed E-state index contributed by atoms with van der Waals surface area (Å²) in [5, 5.41) is 6.35. The van der Waals surface area contributed by atoms with Crippen molar-refractivity contribution >= 4 is 35.2 Å². The van der Waals surface area contributed by atoms with E-state index >= 15 is 0 Å². The summed E-state index contributed by atoms with van der Waals surface area (Å²) in [7, 11) is 1.29. The molecule has 0 radical (unpaired) electrons. The Balaban J connectivity index is 1.93. The minimum Gasteiger partial charge on any atom is -0.490 e. The Bertz CT molecular complexity index is 1020. The SMILES string of the molecule is CCOc1cc(C2NC(=O)NC(C)=C2C(=O)OC)ccc1OCc1c(Cl)cccc1Cl. The van der Waals surface area contributed by atoms with Crippen LogP contribution in [0.25, 0.3) is 0 Å². The quantitative estimate of drug-likeness (QED) is 0.576. The van der Waals surface area contributed by atoms with Crippen molar-refractivity contribution in [2.24, 2.45) is 0 Å². The zero-order valence-electron chi connectivity index (χ0n) is 17.3. The molecule has 2 N–H and O–H groups in total. The predicted octanol–water partition coefficient (Wildman–Crippen LogP) is 4.77. The molecule has 0 fully saturated rings. The molecule has 0 aliphatic carbocycles. The van der Waals surface area contributed by atoms with Crippen LogP contribution in [-0.4, -0.2) is 25.7 Å². The Morgan fingerprint density at radius 1 is 1.10 bits per heavy atom. The molecular formula is C22H22Cl2N2O5. The summed E-state index contributed by atoms with van der Waals surface area (Å²) in [6.07, 6.45) is 0. The van der Waals surface area contributed by atoms with Crippen LogP contribution in [0.15, 0.2) is 47.7 Å². The molecule has 1 atom stereocenters. The molecule has 7 nitrogen and oxygen atoms in total. The maximum Gasteiger partial charge on any atom is 0.337 e. The lowest BCUT2D eigenvalue weighted by molar-refractivity contribution is -0.136. The minimum absolute atomic E-state index is 0.147. The molecule has 1 unspecified atom stereocenters. The maximum absolute atomic E-state index is 12.3. The fraction of sp³-hybridized carbons (Fsp3) is 0.273. The van der Waals surface area contributed by atoms with Crippen molar-refractivity contribution in [3.8, 4) is 11.5 Å². The number of allylic oxidation sites excluding steroid dienone is 1. The number of carbonyl (C=O) groups is 2.